The van der Waals surface area contributed by atoms with E-state index in [1.54, 1.807) is 6.08 Å². The molecule has 1 N–H and O–H groups in total. The predicted octanol–water partition coefficient (Wildman–Crippen LogP) is 2.69. The Morgan fingerprint density at radius 2 is 1.95 bits per heavy atom. The Morgan fingerprint density at radius 1 is 1.29 bits per heavy atom. The monoisotopic (exact) mass is 288 g/mol. The minimum Gasteiger partial charge on any atom is -0.481 e. The molecule has 0 heterocycles. The zero-order valence-electron chi connectivity index (χ0n) is 12.3. The smallest absolute Gasteiger partial charge is 0.330 e. The van der Waals surface area contributed by atoms with Gasteiger partial charge in [0.05, 0.1) is 12.5 Å². The summed E-state index contributed by atoms with van der Waals surface area (Å²) in [5.41, 5.74) is 0.829. The highest BCUT2D eigenvalue weighted by Crippen LogP contribution is 2.58. The van der Waals surface area contributed by atoms with E-state index in [-0.39, 0.29) is 11.3 Å². The number of esters is 1. The molecule has 1 aromatic carbocycles. The third-order valence-electron chi connectivity index (χ3n) is 4.09. The lowest BCUT2D eigenvalue weighted by atomic mass is 10.1. The molecule has 1 fully saturated rings. The Balaban J connectivity index is 1.75. The highest BCUT2D eigenvalue weighted by atomic mass is 16.5. The Bertz CT molecular complexity index is 545. The van der Waals surface area contributed by atoms with Gasteiger partial charge in [-0.3, -0.25) is 4.79 Å². The van der Waals surface area contributed by atoms with E-state index in [0.29, 0.717) is 13.0 Å². The van der Waals surface area contributed by atoms with Gasteiger partial charge in [0.1, 0.15) is 0 Å². The number of hydrogen-bond acceptors (Lipinski definition) is 3. The molecule has 1 aromatic rings. The molecule has 2 unspecified atom stereocenters. The first-order valence-corrected chi connectivity index (χ1v) is 7.04. The minimum absolute atomic E-state index is 0.100. The van der Waals surface area contributed by atoms with Crippen molar-refractivity contribution < 1.29 is 19.4 Å². The van der Waals surface area contributed by atoms with Crippen LogP contribution >= 0.6 is 0 Å². The van der Waals surface area contributed by atoms with E-state index in [9.17, 15) is 9.59 Å². The van der Waals surface area contributed by atoms with Crippen molar-refractivity contribution in [3.8, 4) is 0 Å². The van der Waals surface area contributed by atoms with Crippen molar-refractivity contribution in [3.05, 3.63) is 48.0 Å². The van der Waals surface area contributed by atoms with Gasteiger partial charge in [0.2, 0.25) is 0 Å². The first kappa shape index (κ1) is 15.3. The quantitative estimate of drug-likeness (QED) is 0.645. The molecule has 0 saturated heterocycles. The number of carboxylic acid groups (broad SMARTS) is 1. The van der Waals surface area contributed by atoms with Crippen LogP contribution in [0.2, 0.25) is 0 Å². The molecular weight excluding hydrogens is 268 g/mol. The largest absolute Gasteiger partial charge is 0.481 e. The molecule has 1 aliphatic rings. The van der Waals surface area contributed by atoms with Crippen LogP contribution in [0.3, 0.4) is 0 Å². The van der Waals surface area contributed by atoms with Crippen molar-refractivity contribution in [1.29, 1.82) is 0 Å². The summed E-state index contributed by atoms with van der Waals surface area (Å²) in [5, 5.41) is 9.04. The molecule has 1 saturated carbocycles. The van der Waals surface area contributed by atoms with E-state index in [1.165, 1.54) is 6.08 Å². The highest BCUT2D eigenvalue weighted by Gasteiger charge is 2.60. The molecule has 0 bridgehead atoms. The summed E-state index contributed by atoms with van der Waals surface area (Å²) < 4.78 is 5.11. The molecule has 1 aliphatic carbocycles. The molecule has 2 atom stereocenters. The van der Waals surface area contributed by atoms with Crippen molar-refractivity contribution in [3.63, 3.8) is 0 Å². The van der Waals surface area contributed by atoms with Gasteiger partial charge in [-0.25, -0.2) is 4.79 Å². The molecule has 4 nitrogen and oxygen atoms in total. The molecular formula is C17H20O4. The molecule has 4 heteroatoms. The number of aliphatic carboxylic acids is 1. The van der Waals surface area contributed by atoms with E-state index in [1.807, 2.05) is 44.2 Å². The summed E-state index contributed by atoms with van der Waals surface area (Å²) in [5.74, 6) is -1.74. The number of carbonyl (C=O) groups is 2. The first-order valence-electron chi connectivity index (χ1n) is 7.04. The maximum absolute atomic E-state index is 11.6. The van der Waals surface area contributed by atoms with Crippen molar-refractivity contribution in [2.75, 3.05) is 6.61 Å². The van der Waals surface area contributed by atoms with Crippen LogP contribution in [0.15, 0.2) is 42.5 Å². The molecule has 0 aromatic heterocycles. The van der Waals surface area contributed by atoms with E-state index in [2.05, 4.69) is 0 Å². The first-order chi connectivity index (χ1) is 9.93. The molecule has 0 aliphatic heterocycles. The lowest BCUT2D eigenvalue weighted by Crippen LogP contribution is -2.05. The molecule has 21 heavy (non-hydrogen) atoms. The Morgan fingerprint density at radius 3 is 2.52 bits per heavy atom. The lowest BCUT2D eigenvalue weighted by molar-refractivity contribution is -0.140. The van der Waals surface area contributed by atoms with Gasteiger partial charge in [-0.1, -0.05) is 50.3 Å². The molecule has 0 radical (unpaired) electrons. The Kier molecular flexibility index (Phi) is 4.46. The van der Waals surface area contributed by atoms with Gasteiger partial charge in [-0.15, -0.1) is 0 Å². The van der Waals surface area contributed by atoms with Crippen LogP contribution in [-0.2, 0) is 20.7 Å². The number of benzene rings is 1. The fourth-order valence-electron chi connectivity index (χ4n) is 2.65. The highest BCUT2D eigenvalue weighted by molar-refractivity contribution is 5.83. The van der Waals surface area contributed by atoms with Crippen LogP contribution in [0.1, 0.15) is 19.4 Å². The van der Waals surface area contributed by atoms with Gasteiger partial charge in [0.15, 0.2) is 0 Å². The average molecular weight is 288 g/mol. The zero-order chi connectivity index (χ0) is 15.5. The normalized spacial score (nSPS) is 23.0. The Labute approximate surface area is 124 Å². The van der Waals surface area contributed by atoms with Crippen LogP contribution in [0.25, 0.3) is 0 Å². The molecule has 0 amide bonds. The van der Waals surface area contributed by atoms with Crippen LogP contribution in [0.5, 0.6) is 0 Å². The summed E-state index contributed by atoms with van der Waals surface area (Å²) >= 11 is 0. The SMILES string of the molecule is CC1(C)C(/C=C\C(=O)OCCc2ccccc2)C1C(=O)O. The van der Waals surface area contributed by atoms with Gasteiger partial charge >= 0.3 is 11.9 Å². The second kappa shape index (κ2) is 6.12. The average Bonchev–Trinajstić information content (AvgIpc) is 2.99. The summed E-state index contributed by atoms with van der Waals surface area (Å²) in [6, 6.07) is 9.78. The minimum atomic E-state index is -0.813. The second-order valence-corrected chi connectivity index (χ2v) is 5.93. The second-order valence-electron chi connectivity index (χ2n) is 5.93. The van der Waals surface area contributed by atoms with Crippen LogP contribution < -0.4 is 0 Å². The number of carboxylic acids is 1. The fraction of sp³-hybridized carbons (Fsp3) is 0.412. The Hall–Kier alpha value is -2.10. The van der Waals surface area contributed by atoms with Crippen molar-refractivity contribution >= 4 is 11.9 Å². The van der Waals surface area contributed by atoms with E-state index in [0.717, 1.165) is 5.56 Å². The van der Waals surface area contributed by atoms with Gasteiger partial charge < -0.3 is 9.84 Å². The van der Waals surface area contributed by atoms with Gasteiger partial charge in [0, 0.05) is 12.5 Å². The van der Waals surface area contributed by atoms with Gasteiger partial charge in [0.25, 0.3) is 0 Å². The maximum Gasteiger partial charge on any atom is 0.330 e. The molecule has 2 rings (SSSR count). The summed E-state index contributed by atoms with van der Waals surface area (Å²) in [6.45, 7) is 4.10. The van der Waals surface area contributed by atoms with Crippen molar-refractivity contribution in [2.45, 2.75) is 20.3 Å². The predicted molar refractivity (Wildman–Crippen MR) is 78.6 cm³/mol. The van der Waals surface area contributed by atoms with E-state index < -0.39 is 17.9 Å². The van der Waals surface area contributed by atoms with Crippen LogP contribution in [0, 0.1) is 17.3 Å². The van der Waals surface area contributed by atoms with Gasteiger partial charge in [-0.2, -0.15) is 0 Å². The summed E-state index contributed by atoms with van der Waals surface area (Å²) in [7, 11) is 0. The van der Waals surface area contributed by atoms with Crippen molar-refractivity contribution in [1.82, 2.24) is 0 Å². The van der Waals surface area contributed by atoms with E-state index >= 15 is 0 Å². The standard InChI is InChI=1S/C17H20O4/c1-17(2)13(15(17)16(19)20)8-9-14(18)21-11-10-12-6-4-3-5-7-12/h3-9,13,15H,10-11H2,1-2H3,(H,19,20)/b9-8-. The van der Waals surface area contributed by atoms with Crippen LogP contribution in [0.4, 0.5) is 0 Å². The third kappa shape index (κ3) is 3.72. The summed E-state index contributed by atoms with van der Waals surface area (Å²) in [6.07, 6.45) is 3.68. The number of allylic oxidation sites excluding steroid dienone is 1. The van der Waals surface area contributed by atoms with E-state index in [4.69, 9.17) is 9.84 Å². The summed E-state index contributed by atoms with van der Waals surface area (Å²) in [4.78, 5) is 22.6. The lowest BCUT2D eigenvalue weighted by Gasteiger charge is -2.02. The number of hydrogen-bond donors (Lipinski definition) is 1. The maximum atomic E-state index is 11.6. The molecule has 112 valence electrons. The zero-order valence-corrected chi connectivity index (χ0v) is 12.3. The number of ether oxygens (including phenoxy) is 1. The van der Waals surface area contributed by atoms with Crippen LogP contribution in [-0.4, -0.2) is 23.7 Å². The number of rotatable bonds is 6. The molecule has 0 spiro atoms. The number of carbonyl (C=O) groups excluding carboxylic acids is 1. The van der Waals surface area contributed by atoms with Gasteiger partial charge in [-0.05, 0) is 16.9 Å². The topological polar surface area (TPSA) is 63.6 Å². The van der Waals surface area contributed by atoms with Crippen molar-refractivity contribution in [2.24, 2.45) is 17.3 Å². The third-order valence-corrected chi connectivity index (χ3v) is 4.09. The fourth-order valence-corrected chi connectivity index (χ4v) is 2.65.